The topological polar surface area (TPSA) is 44.8 Å². The molecule has 0 saturated carbocycles. The van der Waals surface area contributed by atoms with Crippen LogP contribution in [0.3, 0.4) is 0 Å². The molecule has 0 radical (unpaired) electrons. The first-order valence-corrected chi connectivity index (χ1v) is 7.78. The van der Waals surface area contributed by atoms with Crippen molar-refractivity contribution in [2.75, 3.05) is 19.8 Å². The number of ether oxygens (including phenoxy) is 1. The van der Waals surface area contributed by atoms with E-state index in [9.17, 15) is 4.79 Å². The Balaban J connectivity index is 2.24. The average Bonchev–Trinajstić information content (AvgIpc) is 2.51. The van der Waals surface area contributed by atoms with Crippen molar-refractivity contribution in [2.45, 2.75) is 46.0 Å². The van der Waals surface area contributed by atoms with Crippen molar-refractivity contribution in [1.29, 1.82) is 0 Å². The van der Waals surface area contributed by atoms with Gasteiger partial charge in [0, 0.05) is 6.61 Å². The van der Waals surface area contributed by atoms with Gasteiger partial charge in [-0.15, -0.1) is 0 Å². The summed E-state index contributed by atoms with van der Waals surface area (Å²) >= 11 is 0. The molecule has 0 aromatic heterocycles. The molecule has 4 heteroatoms. The molecular weight excluding hydrogens is 268 g/mol. The lowest BCUT2D eigenvalue weighted by Crippen LogP contribution is -2.10. The number of benzene rings is 1. The van der Waals surface area contributed by atoms with E-state index in [0.717, 1.165) is 12.8 Å². The summed E-state index contributed by atoms with van der Waals surface area (Å²) in [6, 6.07) is 7.49. The monoisotopic (exact) mass is 294 g/mol. The van der Waals surface area contributed by atoms with E-state index in [0.29, 0.717) is 18.8 Å². The quantitative estimate of drug-likeness (QED) is 0.352. The van der Waals surface area contributed by atoms with Gasteiger partial charge in [-0.05, 0) is 37.0 Å². The first kappa shape index (κ1) is 17.7. The highest BCUT2D eigenvalue weighted by molar-refractivity contribution is 5.88. The zero-order valence-electron chi connectivity index (χ0n) is 13.1. The number of carbonyl (C=O) groups is 1. The van der Waals surface area contributed by atoms with Crippen LogP contribution in [0.5, 0.6) is 0 Å². The van der Waals surface area contributed by atoms with E-state index in [1.165, 1.54) is 24.8 Å². The second-order valence-electron chi connectivity index (χ2n) is 4.96. The minimum atomic E-state index is -0.467. The van der Waals surface area contributed by atoms with Crippen LogP contribution in [0.1, 0.15) is 55.5 Å². The summed E-state index contributed by atoms with van der Waals surface area (Å²) in [5.74, 6) is -0.467. The fraction of sp³-hybridized carbons (Fsp3) is 0.588. The third kappa shape index (κ3) is 7.83. The van der Waals surface area contributed by atoms with Crippen molar-refractivity contribution in [3.8, 4) is 0 Å². The van der Waals surface area contributed by atoms with Crippen molar-refractivity contribution in [3.05, 3.63) is 35.4 Å². The fourth-order valence-electron chi connectivity index (χ4n) is 1.87. The van der Waals surface area contributed by atoms with Gasteiger partial charge in [-0.1, -0.05) is 38.8 Å². The maximum Gasteiger partial charge on any atom is 0.373 e. The van der Waals surface area contributed by atoms with Crippen molar-refractivity contribution in [3.63, 3.8) is 0 Å². The lowest BCUT2D eigenvalue weighted by atomic mass is 10.1. The van der Waals surface area contributed by atoms with E-state index >= 15 is 0 Å². The summed E-state index contributed by atoms with van der Waals surface area (Å²) in [5.41, 5.74) is 1.75. The van der Waals surface area contributed by atoms with Gasteiger partial charge in [0.25, 0.3) is 0 Å². The van der Waals surface area contributed by atoms with Crippen LogP contribution in [-0.4, -0.2) is 25.8 Å². The number of rotatable bonds is 11. The molecule has 1 rings (SSSR count). The average molecular weight is 294 g/mol. The molecule has 0 fully saturated rings. The molecular formula is C17H26O4. The van der Waals surface area contributed by atoms with Crippen LogP contribution in [-0.2, 0) is 20.9 Å². The van der Waals surface area contributed by atoms with Crippen molar-refractivity contribution in [2.24, 2.45) is 0 Å². The van der Waals surface area contributed by atoms with Crippen LogP contribution >= 0.6 is 0 Å². The largest absolute Gasteiger partial charge is 0.379 e. The number of hydrogen-bond donors (Lipinski definition) is 0. The highest BCUT2D eigenvalue weighted by atomic mass is 17.2. The molecule has 0 aliphatic rings. The zero-order chi connectivity index (χ0) is 15.3. The molecule has 0 unspecified atom stereocenters. The molecule has 21 heavy (non-hydrogen) atoms. The first-order chi connectivity index (χ1) is 10.3. The molecule has 1 aromatic rings. The van der Waals surface area contributed by atoms with Crippen LogP contribution in [0.4, 0.5) is 0 Å². The Morgan fingerprint density at radius 2 is 1.71 bits per heavy atom. The van der Waals surface area contributed by atoms with Gasteiger partial charge >= 0.3 is 5.97 Å². The van der Waals surface area contributed by atoms with Crippen molar-refractivity contribution in [1.82, 2.24) is 0 Å². The van der Waals surface area contributed by atoms with E-state index in [-0.39, 0.29) is 6.61 Å². The fourth-order valence-corrected chi connectivity index (χ4v) is 1.87. The number of carbonyl (C=O) groups excluding carboxylic acids is 1. The zero-order valence-corrected chi connectivity index (χ0v) is 13.1. The first-order valence-electron chi connectivity index (χ1n) is 7.78. The summed E-state index contributed by atoms with van der Waals surface area (Å²) < 4.78 is 5.22. The summed E-state index contributed by atoms with van der Waals surface area (Å²) in [6.45, 7) is 5.59. The van der Waals surface area contributed by atoms with Gasteiger partial charge in [-0.2, -0.15) is 4.89 Å². The Kier molecular flexibility index (Phi) is 9.49. The third-order valence-electron chi connectivity index (χ3n) is 3.05. The van der Waals surface area contributed by atoms with E-state index in [2.05, 4.69) is 6.92 Å². The van der Waals surface area contributed by atoms with Crippen molar-refractivity contribution < 1.29 is 19.3 Å². The molecule has 118 valence electrons. The van der Waals surface area contributed by atoms with Crippen LogP contribution in [0.2, 0.25) is 0 Å². The summed E-state index contributed by atoms with van der Waals surface area (Å²) in [5, 5.41) is 0. The lowest BCUT2D eigenvalue weighted by Gasteiger charge is -2.05. The Hall–Kier alpha value is -1.39. The van der Waals surface area contributed by atoms with Gasteiger partial charge in [-0.3, -0.25) is 4.89 Å². The van der Waals surface area contributed by atoms with E-state index in [4.69, 9.17) is 14.5 Å². The van der Waals surface area contributed by atoms with Gasteiger partial charge in [0.2, 0.25) is 0 Å². The van der Waals surface area contributed by atoms with Crippen LogP contribution < -0.4 is 0 Å². The maximum atomic E-state index is 11.7. The van der Waals surface area contributed by atoms with Gasteiger partial charge < -0.3 is 4.74 Å². The maximum absolute atomic E-state index is 11.7. The predicted octanol–water partition coefficient (Wildman–Crippen LogP) is 3.93. The minimum Gasteiger partial charge on any atom is -0.379 e. The smallest absolute Gasteiger partial charge is 0.373 e. The molecule has 0 N–H and O–H groups in total. The number of hydrogen-bond acceptors (Lipinski definition) is 4. The SMILES string of the molecule is CCCCCc1ccc(C(=O)OOCCOCCC)cc1. The second-order valence-corrected chi connectivity index (χ2v) is 4.96. The highest BCUT2D eigenvalue weighted by Gasteiger charge is 2.08. The van der Waals surface area contributed by atoms with E-state index in [1.54, 1.807) is 12.1 Å². The number of unbranched alkanes of at least 4 members (excludes halogenated alkanes) is 2. The molecule has 4 nitrogen and oxygen atoms in total. The summed E-state index contributed by atoms with van der Waals surface area (Å²) in [4.78, 5) is 21.3. The number of aryl methyl sites for hydroxylation is 1. The predicted molar refractivity (Wildman–Crippen MR) is 82.1 cm³/mol. The molecule has 0 atom stereocenters. The van der Waals surface area contributed by atoms with Crippen LogP contribution in [0, 0.1) is 0 Å². The molecule has 0 aliphatic heterocycles. The van der Waals surface area contributed by atoms with E-state index in [1.807, 2.05) is 19.1 Å². The van der Waals surface area contributed by atoms with E-state index < -0.39 is 5.97 Å². The molecule has 0 bridgehead atoms. The van der Waals surface area contributed by atoms with Gasteiger partial charge in [0.15, 0.2) is 0 Å². The molecule has 0 spiro atoms. The molecule has 0 aliphatic carbocycles. The Labute approximate surface area is 127 Å². The Morgan fingerprint density at radius 3 is 2.38 bits per heavy atom. The molecule has 1 aromatic carbocycles. The summed E-state index contributed by atoms with van der Waals surface area (Å²) in [6.07, 6.45) is 5.64. The molecule has 0 heterocycles. The van der Waals surface area contributed by atoms with Crippen molar-refractivity contribution >= 4 is 5.97 Å². The highest BCUT2D eigenvalue weighted by Crippen LogP contribution is 2.10. The molecule has 0 saturated heterocycles. The van der Waals surface area contributed by atoms with Gasteiger partial charge in [0.1, 0.15) is 6.61 Å². The summed E-state index contributed by atoms with van der Waals surface area (Å²) in [7, 11) is 0. The lowest BCUT2D eigenvalue weighted by molar-refractivity contribution is -0.247. The second kappa shape index (κ2) is 11.3. The van der Waals surface area contributed by atoms with Gasteiger partial charge in [-0.25, -0.2) is 4.79 Å². The third-order valence-corrected chi connectivity index (χ3v) is 3.05. The van der Waals surface area contributed by atoms with Crippen LogP contribution in [0.15, 0.2) is 24.3 Å². The Morgan fingerprint density at radius 1 is 0.952 bits per heavy atom. The van der Waals surface area contributed by atoms with Gasteiger partial charge in [0.05, 0.1) is 12.2 Å². The Bertz CT molecular complexity index is 386. The molecule has 0 amide bonds. The normalized spacial score (nSPS) is 10.6. The minimum absolute atomic E-state index is 0.251. The van der Waals surface area contributed by atoms with Crippen LogP contribution in [0.25, 0.3) is 0 Å². The standard InChI is InChI=1S/C17H26O4/c1-3-5-6-7-15-8-10-16(11-9-15)17(18)21-20-14-13-19-12-4-2/h8-11H,3-7,12-14H2,1-2H3.